The number of morpholine rings is 2. The van der Waals surface area contributed by atoms with E-state index in [0.29, 0.717) is 13.2 Å². The van der Waals surface area contributed by atoms with Gasteiger partial charge in [0.15, 0.2) is 0 Å². The predicted molar refractivity (Wildman–Crippen MR) is 94.6 cm³/mol. The molecule has 2 saturated heterocycles. The average molecular weight is 333 g/mol. The third-order valence-electron chi connectivity index (χ3n) is 4.61. The molecule has 1 amide bonds. The normalized spacial score (nSPS) is 25.5. The number of carbonyl (C=O) groups is 1. The van der Waals surface area contributed by atoms with E-state index in [-0.39, 0.29) is 18.1 Å². The minimum absolute atomic E-state index is 0.0247. The van der Waals surface area contributed by atoms with E-state index in [1.54, 1.807) is 0 Å². The molecule has 2 atom stereocenters. The first-order valence-corrected chi connectivity index (χ1v) is 8.70. The molecule has 1 aromatic rings. The Morgan fingerprint density at radius 3 is 2.79 bits per heavy atom. The van der Waals surface area contributed by atoms with Crippen LogP contribution in [-0.2, 0) is 14.3 Å². The van der Waals surface area contributed by atoms with Gasteiger partial charge in [0.1, 0.15) is 0 Å². The molecular weight excluding hydrogens is 306 g/mol. The summed E-state index contributed by atoms with van der Waals surface area (Å²) < 4.78 is 11.0. The molecule has 6 heteroatoms. The summed E-state index contributed by atoms with van der Waals surface area (Å²) in [6.07, 6.45) is 0.176. The van der Waals surface area contributed by atoms with Crippen LogP contribution in [0.25, 0.3) is 0 Å². The number of benzene rings is 1. The predicted octanol–water partition coefficient (Wildman–Crippen LogP) is 1.57. The van der Waals surface area contributed by atoms with E-state index in [2.05, 4.69) is 28.1 Å². The van der Waals surface area contributed by atoms with Crippen molar-refractivity contribution in [3.05, 3.63) is 24.3 Å². The molecule has 1 N–H and O–H groups in total. The van der Waals surface area contributed by atoms with Crippen molar-refractivity contribution in [3.63, 3.8) is 0 Å². The minimum Gasteiger partial charge on any atom is -0.378 e. The molecular formula is C18H27N3O3. The number of hydrogen-bond donors (Lipinski definition) is 1. The maximum atomic E-state index is 12.5. The molecule has 0 radical (unpaired) electrons. The zero-order valence-electron chi connectivity index (χ0n) is 14.5. The van der Waals surface area contributed by atoms with Crippen molar-refractivity contribution < 1.29 is 14.3 Å². The monoisotopic (exact) mass is 333 g/mol. The maximum absolute atomic E-state index is 12.5. The Balaban J connectivity index is 1.64. The van der Waals surface area contributed by atoms with E-state index in [1.807, 2.05) is 25.1 Å². The molecule has 3 rings (SSSR count). The molecule has 132 valence electrons. The molecule has 0 spiro atoms. The van der Waals surface area contributed by atoms with Gasteiger partial charge in [0.25, 0.3) is 0 Å². The van der Waals surface area contributed by atoms with Gasteiger partial charge in [0.05, 0.1) is 43.8 Å². The lowest BCUT2D eigenvalue weighted by molar-refractivity contribution is -0.121. The maximum Gasteiger partial charge on any atom is 0.238 e. The van der Waals surface area contributed by atoms with Gasteiger partial charge in [0.2, 0.25) is 5.91 Å². The Bertz CT molecular complexity index is 560. The lowest BCUT2D eigenvalue weighted by atomic mass is 10.2. The zero-order valence-corrected chi connectivity index (χ0v) is 14.5. The first kappa shape index (κ1) is 17.2. The number of nitrogens with one attached hydrogen (secondary N) is 1. The Kier molecular flexibility index (Phi) is 5.71. The largest absolute Gasteiger partial charge is 0.378 e. The molecule has 0 bridgehead atoms. The minimum atomic E-state index is 0.0247. The van der Waals surface area contributed by atoms with Gasteiger partial charge in [-0.15, -0.1) is 0 Å². The van der Waals surface area contributed by atoms with Crippen LogP contribution in [0.1, 0.15) is 13.8 Å². The highest BCUT2D eigenvalue weighted by molar-refractivity contribution is 5.95. The average Bonchev–Trinajstić information content (AvgIpc) is 2.59. The van der Waals surface area contributed by atoms with E-state index in [9.17, 15) is 4.79 Å². The summed E-state index contributed by atoms with van der Waals surface area (Å²) in [4.78, 5) is 17.0. The SMILES string of the molecule is C[C@@H]1CO[C@@H](C)CN1CC(=O)Nc1ccccc1N1CCOCC1. The molecule has 6 nitrogen and oxygen atoms in total. The van der Waals surface area contributed by atoms with Gasteiger partial charge in [-0.3, -0.25) is 9.69 Å². The molecule has 2 aliphatic rings. The third-order valence-corrected chi connectivity index (χ3v) is 4.61. The number of para-hydroxylation sites is 2. The molecule has 1 aromatic carbocycles. The van der Waals surface area contributed by atoms with Crippen molar-refractivity contribution in [1.82, 2.24) is 4.90 Å². The Morgan fingerprint density at radius 1 is 1.25 bits per heavy atom. The molecule has 0 aliphatic carbocycles. The first-order chi connectivity index (χ1) is 11.6. The Hall–Kier alpha value is -1.63. The van der Waals surface area contributed by atoms with Crippen molar-refractivity contribution in [2.75, 3.05) is 56.2 Å². The molecule has 0 aromatic heterocycles. The number of amides is 1. The van der Waals surface area contributed by atoms with Gasteiger partial charge in [-0.2, -0.15) is 0 Å². The van der Waals surface area contributed by atoms with Crippen LogP contribution in [0.4, 0.5) is 11.4 Å². The van der Waals surface area contributed by atoms with E-state index in [4.69, 9.17) is 9.47 Å². The van der Waals surface area contributed by atoms with Crippen molar-refractivity contribution in [2.45, 2.75) is 26.0 Å². The van der Waals surface area contributed by atoms with Crippen molar-refractivity contribution in [1.29, 1.82) is 0 Å². The fourth-order valence-corrected chi connectivity index (χ4v) is 3.23. The van der Waals surface area contributed by atoms with Crippen LogP contribution in [0.15, 0.2) is 24.3 Å². The van der Waals surface area contributed by atoms with Gasteiger partial charge in [0, 0.05) is 25.7 Å². The highest BCUT2D eigenvalue weighted by Gasteiger charge is 2.25. The van der Waals surface area contributed by atoms with Gasteiger partial charge in [-0.1, -0.05) is 12.1 Å². The highest BCUT2D eigenvalue weighted by Crippen LogP contribution is 2.26. The first-order valence-electron chi connectivity index (χ1n) is 8.70. The fraction of sp³-hybridized carbons (Fsp3) is 0.611. The summed E-state index contributed by atoms with van der Waals surface area (Å²) in [5.41, 5.74) is 1.94. The highest BCUT2D eigenvalue weighted by atomic mass is 16.5. The van der Waals surface area contributed by atoms with E-state index >= 15 is 0 Å². The molecule has 2 aliphatic heterocycles. The molecule has 2 heterocycles. The Labute approximate surface area is 143 Å². The van der Waals surface area contributed by atoms with E-state index < -0.39 is 0 Å². The summed E-state index contributed by atoms with van der Waals surface area (Å²) >= 11 is 0. The Morgan fingerprint density at radius 2 is 2.00 bits per heavy atom. The quantitative estimate of drug-likeness (QED) is 0.906. The second kappa shape index (κ2) is 7.96. The standard InChI is InChI=1S/C18H27N3O3/c1-14-13-24-15(2)11-21(14)12-18(22)19-16-5-3-4-6-17(16)20-7-9-23-10-8-20/h3-6,14-15H,7-13H2,1-2H3,(H,19,22)/t14-,15+/m1/s1. The van der Waals surface area contributed by atoms with Crippen molar-refractivity contribution in [2.24, 2.45) is 0 Å². The fourth-order valence-electron chi connectivity index (χ4n) is 3.23. The number of rotatable bonds is 4. The van der Waals surface area contributed by atoms with Crippen molar-refractivity contribution in [3.8, 4) is 0 Å². The number of nitrogens with zero attached hydrogens (tertiary/aromatic N) is 2. The second-order valence-corrected chi connectivity index (χ2v) is 6.59. The van der Waals surface area contributed by atoms with Crippen LogP contribution >= 0.6 is 0 Å². The number of hydrogen-bond acceptors (Lipinski definition) is 5. The molecule has 0 saturated carbocycles. The molecule has 0 unspecified atom stereocenters. The summed E-state index contributed by atoms with van der Waals surface area (Å²) in [7, 11) is 0. The molecule has 2 fully saturated rings. The van der Waals surface area contributed by atoms with E-state index in [1.165, 1.54) is 0 Å². The van der Waals surface area contributed by atoms with Crippen LogP contribution in [0.5, 0.6) is 0 Å². The summed E-state index contributed by atoms with van der Waals surface area (Å²) in [5, 5.41) is 3.09. The van der Waals surface area contributed by atoms with Crippen LogP contribution < -0.4 is 10.2 Å². The topological polar surface area (TPSA) is 54.0 Å². The number of carbonyl (C=O) groups excluding carboxylic acids is 1. The zero-order chi connectivity index (χ0) is 16.9. The smallest absolute Gasteiger partial charge is 0.238 e. The van der Waals surface area contributed by atoms with E-state index in [0.717, 1.165) is 44.2 Å². The number of anilines is 2. The lowest BCUT2D eigenvalue weighted by Gasteiger charge is -2.36. The summed E-state index contributed by atoms with van der Waals surface area (Å²) in [6, 6.07) is 8.25. The summed E-state index contributed by atoms with van der Waals surface area (Å²) in [6.45, 7) is 9.17. The van der Waals surface area contributed by atoms with Crippen LogP contribution in [-0.4, -0.2) is 69.0 Å². The summed E-state index contributed by atoms with van der Waals surface area (Å²) in [5.74, 6) is 0.0247. The van der Waals surface area contributed by atoms with Gasteiger partial charge >= 0.3 is 0 Å². The van der Waals surface area contributed by atoms with Gasteiger partial charge < -0.3 is 19.7 Å². The van der Waals surface area contributed by atoms with Crippen LogP contribution in [0, 0.1) is 0 Å². The molecule has 24 heavy (non-hydrogen) atoms. The third kappa shape index (κ3) is 4.26. The second-order valence-electron chi connectivity index (χ2n) is 6.59. The van der Waals surface area contributed by atoms with Crippen molar-refractivity contribution >= 4 is 17.3 Å². The van der Waals surface area contributed by atoms with Gasteiger partial charge in [-0.05, 0) is 26.0 Å². The van der Waals surface area contributed by atoms with Gasteiger partial charge in [-0.25, -0.2) is 0 Å². The van der Waals surface area contributed by atoms with Crippen LogP contribution in [0.3, 0.4) is 0 Å². The lowest BCUT2D eigenvalue weighted by Crippen LogP contribution is -2.50. The van der Waals surface area contributed by atoms with Crippen LogP contribution in [0.2, 0.25) is 0 Å². The number of ether oxygens (including phenoxy) is 2.